The summed E-state index contributed by atoms with van der Waals surface area (Å²) < 4.78 is 1.23. The van der Waals surface area contributed by atoms with Gasteiger partial charge in [0.15, 0.2) is 0 Å². The van der Waals surface area contributed by atoms with Crippen molar-refractivity contribution in [3.8, 4) is 0 Å². The minimum absolute atomic E-state index is 0.491. The summed E-state index contributed by atoms with van der Waals surface area (Å²) in [4.78, 5) is 4.59. The maximum atomic E-state index is 10.4. The van der Waals surface area contributed by atoms with E-state index in [1.165, 1.54) is 11.1 Å². The number of benzene rings is 1. The molecule has 0 saturated heterocycles. The van der Waals surface area contributed by atoms with Crippen molar-refractivity contribution in [1.82, 2.24) is 10.3 Å². The average Bonchev–Trinajstić information content (AvgIpc) is 2.82. The van der Waals surface area contributed by atoms with Crippen molar-refractivity contribution >= 4 is 21.6 Å². The second kappa shape index (κ2) is 5.57. The third-order valence-corrected chi connectivity index (χ3v) is 4.89. The number of aliphatic hydroxyl groups is 1. The average molecular weight is 276 g/mol. The molecule has 1 heterocycles. The minimum Gasteiger partial charge on any atom is -0.389 e. The molecule has 0 amide bonds. The van der Waals surface area contributed by atoms with Crippen LogP contribution in [0, 0.1) is 0 Å². The number of hydrogen-bond donors (Lipinski definition) is 2. The van der Waals surface area contributed by atoms with Crippen LogP contribution in [0.15, 0.2) is 24.3 Å². The molecule has 102 valence electrons. The number of thiazole rings is 1. The van der Waals surface area contributed by atoms with Crippen LogP contribution < -0.4 is 5.32 Å². The van der Waals surface area contributed by atoms with Gasteiger partial charge in [-0.25, -0.2) is 4.98 Å². The SMILES string of the molecule is OC1(CNCc2nc3ccccc3s2)CCCCC1. The predicted molar refractivity (Wildman–Crippen MR) is 79.4 cm³/mol. The lowest BCUT2D eigenvalue weighted by Gasteiger charge is -2.32. The van der Waals surface area contributed by atoms with Crippen molar-refractivity contribution in [2.24, 2.45) is 0 Å². The van der Waals surface area contributed by atoms with Gasteiger partial charge in [0, 0.05) is 13.1 Å². The Kier molecular flexibility index (Phi) is 3.82. The maximum Gasteiger partial charge on any atom is 0.108 e. The molecule has 0 aliphatic heterocycles. The van der Waals surface area contributed by atoms with Gasteiger partial charge in [-0.2, -0.15) is 0 Å². The summed E-state index contributed by atoms with van der Waals surface area (Å²) in [6.07, 6.45) is 5.43. The smallest absolute Gasteiger partial charge is 0.108 e. The summed E-state index contributed by atoms with van der Waals surface area (Å²) in [5.41, 5.74) is 0.579. The molecule has 3 rings (SSSR count). The first kappa shape index (κ1) is 13.0. The summed E-state index contributed by atoms with van der Waals surface area (Å²) in [5, 5.41) is 14.9. The molecule has 1 fully saturated rings. The number of nitrogens with one attached hydrogen (secondary N) is 1. The first-order chi connectivity index (χ1) is 9.25. The molecule has 2 N–H and O–H groups in total. The molecular formula is C15H20N2OS. The Morgan fingerprint density at radius 2 is 2.00 bits per heavy atom. The molecule has 0 atom stereocenters. The molecule has 2 aromatic rings. The topological polar surface area (TPSA) is 45.1 Å². The molecule has 3 nitrogen and oxygen atoms in total. The van der Waals surface area contributed by atoms with Gasteiger partial charge < -0.3 is 10.4 Å². The zero-order valence-corrected chi connectivity index (χ0v) is 11.9. The van der Waals surface area contributed by atoms with E-state index in [2.05, 4.69) is 16.4 Å². The summed E-state index contributed by atoms with van der Waals surface area (Å²) in [5.74, 6) is 0. The molecule has 1 aromatic carbocycles. The standard InChI is InChI=1S/C15H20N2OS/c18-15(8-4-1-5-9-15)11-16-10-14-17-12-6-2-3-7-13(12)19-14/h2-3,6-7,16,18H,1,4-5,8-11H2. The molecule has 0 spiro atoms. The van der Waals surface area contributed by atoms with E-state index < -0.39 is 5.60 Å². The van der Waals surface area contributed by atoms with E-state index >= 15 is 0 Å². The third-order valence-electron chi connectivity index (χ3n) is 3.85. The Morgan fingerprint density at radius 3 is 2.79 bits per heavy atom. The lowest BCUT2D eigenvalue weighted by Crippen LogP contribution is -2.41. The summed E-state index contributed by atoms with van der Waals surface area (Å²) >= 11 is 1.73. The third kappa shape index (κ3) is 3.14. The first-order valence-corrected chi connectivity index (χ1v) is 7.84. The van der Waals surface area contributed by atoms with Crippen LogP contribution in [0.25, 0.3) is 10.2 Å². The van der Waals surface area contributed by atoms with E-state index in [1.54, 1.807) is 11.3 Å². The van der Waals surface area contributed by atoms with E-state index in [-0.39, 0.29) is 0 Å². The first-order valence-electron chi connectivity index (χ1n) is 7.03. The van der Waals surface area contributed by atoms with Gasteiger partial charge in [-0.1, -0.05) is 31.4 Å². The van der Waals surface area contributed by atoms with Gasteiger partial charge in [0.2, 0.25) is 0 Å². The molecule has 19 heavy (non-hydrogen) atoms. The Bertz CT molecular complexity index is 513. The fraction of sp³-hybridized carbons (Fsp3) is 0.533. The molecule has 1 aromatic heterocycles. The number of aromatic nitrogens is 1. The highest BCUT2D eigenvalue weighted by atomic mass is 32.1. The Hall–Kier alpha value is -0.970. The van der Waals surface area contributed by atoms with E-state index in [0.717, 1.165) is 42.8 Å². The maximum absolute atomic E-state index is 10.4. The molecular weight excluding hydrogens is 256 g/mol. The molecule has 1 saturated carbocycles. The largest absolute Gasteiger partial charge is 0.389 e. The number of rotatable bonds is 4. The number of para-hydroxylation sites is 1. The van der Waals surface area contributed by atoms with Crippen LogP contribution in [-0.4, -0.2) is 22.2 Å². The second-order valence-corrected chi connectivity index (χ2v) is 6.58. The van der Waals surface area contributed by atoms with Crippen LogP contribution >= 0.6 is 11.3 Å². The molecule has 0 radical (unpaired) electrons. The normalized spacial score (nSPS) is 18.8. The molecule has 0 unspecified atom stereocenters. The van der Waals surface area contributed by atoms with E-state index in [9.17, 15) is 5.11 Å². The predicted octanol–water partition coefficient (Wildman–Crippen LogP) is 3.08. The highest BCUT2D eigenvalue weighted by molar-refractivity contribution is 7.18. The Balaban J connectivity index is 1.57. The van der Waals surface area contributed by atoms with Crippen LogP contribution in [0.5, 0.6) is 0 Å². The van der Waals surface area contributed by atoms with Crippen molar-refractivity contribution in [1.29, 1.82) is 0 Å². The minimum atomic E-state index is -0.491. The summed E-state index contributed by atoms with van der Waals surface area (Å²) in [7, 11) is 0. The van der Waals surface area contributed by atoms with E-state index in [4.69, 9.17) is 0 Å². The summed E-state index contributed by atoms with van der Waals surface area (Å²) in [6, 6.07) is 8.21. The number of nitrogens with zero attached hydrogens (tertiary/aromatic N) is 1. The van der Waals surface area contributed by atoms with Crippen molar-refractivity contribution < 1.29 is 5.11 Å². The van der Waals surface area contributed by atoms with Crippen LogP contribution in [0.3, 0.4) is 0 Å². The van der Waals surface area contributed by atoms with Gasteiger partial charge in [0.25, 0.3) is 0 Å². The van der Waals surface area contributed by atoms with Gasteiger partial charge >= 0.3 is 0 Å². The molecule has 1 aliphatic rings. The molecule has 0 bridgehead atoms. The van der Waals surface area contributed by atoms with Gasteiger partial charge in [-0.05, 0) is 25.0 Å². The number of fused-ring (bicyclic) bond motifs is 1. The van der Waals surface area contributed by atoms with Crippen molar-refractivity contribution in [2.45, 2.75) is 44.2 Å². The second-order valence-electron chi connectivity index (χ2n) is 5.46. The van der Waals surface area contributed by atoms with Crippen LogP contribution in [0.1, 0.15) is 37.1 Å². The molecule has 4 heteroatoms. The van der Waals surface area contributed by atoms with Gasteiger partial charge in [-0.3, -0.25) is 0 Å². The lowest BCUT2D eigenvalue weighted by molar-refractivity contribution is 0.00468. The summed E-state index contributed by atoms with van der Waals surface area (Å²) in [6.45, 7) is 1.44. The van der Waals surface area contributed by atoms with E-state index in [0.29, 0.717) is 6.54 Å². The van der Waals surface area contributed by atoms with Crippen molar-refractivity contribution in [2.75, 3.05) is 6.54 Å². The highest BCUT2D eigenvalue weighted by Gasteiger charge is 2.28. The van der Waals surface area contributed by atoms with E-state index in [1.807, 2.05) is 18.2 Å². The van der Waals surface area contributed by atoms with Crippen LogP contribution in [0.2, 0.25) is 0 Å². The zero-order chi connectivity index (χ0) is 13.1. The fourth-order valence-electron chi connectivity index (χ4n) is 2.78. The lowest BCUT2D eigenvalue weighted by atomic mass is 9.85. The highest BCUT2D eigenvalue weighted by Crippen LogP contribution is 2.27. The van der Waals surface area contributed by atoms with Crippen molar-refractivity contribution in [3.63, 3.8) is 0 Å². The molecule has 1 aliphatic carbocycles. The number of hydrogen-bond acceptors (Lipinski definition) is 4. The van der Waals surface area contributed by atoms with Crippen LogP contribution in [-0.2, 0) is 6.54 Å². The van der Waals surface area contributed by atoms with Crippen LogP contribution in [0.4, 0.5) is 0 Å². The van der Waals surface area contributed by atoms with Gasteiger partial charge in [0.1, 0.15) is 5.01 Å². The van der Waals surface area contributed by atoms with Gasteiger partial charge in [0.05, 0.1) is 15.8 Å². The quantitative estimate of drug-likeness (QED) is 0.902. The van der Waals surface area contributed by atoms with Gasteiger partial charge in [-0.15, -0.1) is 11.3 Å². The Labute approximate surface area is 117 Å². The Morgan fingerprint density at radius 1 is 1.21 bits per heavy atom. The monoisotopic (exact) mass is 276 g/mol. The zero-order valence-electron chi connectivity index (χ0n) is 11.1. The van der Waals surface area contributed by atoms with Crippen molar-refractivity contribution in [3.05, 3.63) is 29.3 Å². The fourth-order valence-corrected chi connectivity index (χ4v) is 3.72.